The number of amides is 1. The Bertz CT molecular complexity index is 396. The first-order chi connectivity index (χ1) is 8.11. The van der Waals surface area contributed by atoms with Gasteiger partial charge in [0, 0.05) is 0 Å². The Labute approximate surface area is 107 Å². The summed E-state index contributed by atoms with van der Waals surface area (Å²) in [5.74, 6) is -1.95. The van der Waals surface area contributed by atoms with E-state index in [9.17, 15) is 14.7 Å². The van der Waals surface area contributed by atoms with Gasteiger partial charge in [-0.25, -0.2) is 0 Å². The van der Waals surface area contributed by atoms with Crippen LogP contribution in [0.3, 0.4) is 0 Å². The molecule has 0 unspecified atom stereocenters. The summed E-state index contributed by atoms with van der Waals surface area (Å²) < 4.78 is 0. The van der Waals surface area contributed by atoms with E-state index in [1.807, 2.05) is 27.7 Å². The third-order valence-electron chi connectivity index (χ3n) is 4.68. The van der Waals surface area contributed by atoms with Crippen molar-refractivity contribution in [1.82, 2.24) is 4.90 Å². The van der Waals surface area contributed by atoms with Gasteiger partial charge in [-0.15, -0.1) is 0 Å². The molecular formula is C13H21NO4. The molecule has 1 saturated carbocycles. The fraction of sp³-hybridized carbons (Fsp3) is 0.846. The number of hydrogen-bond acceptors (Lipinski definition) is 3. The van der Waals surface area contributed by atoms with E-state index in [-0.39, 0.29) is 11.8 Å². The zero-order valence-electron chi connectivity index (χ0n) is 11.3. The fourth-order valence-electron chi connectivity index (χ4n) is 2.89. The second kappa shape index (κ2) is 3.70. The highest BCUT2D eigenvalue weighted by Crippen LogP contribution is 2.59. The minimum absolute atomic E-state index is 0.101. The van der Waals surface area contributed by atoms with Crippen LogP contribution in [0.5, 0.6) is 0 Å². The summed E-state index contributed by atoms with van der Waals surface area (Å²) in [5.41, 5.74) is -1.26. The van der Waals surface area contributed by atoms with Crippen molar-refractivity contribution in [2.45, 2.75) is 33.3 Å². The van der Waals surface area contributed by atoms with Gasteiger partial charge in [0.15, 0.2) is 0 Å². The molecule has 1 aliphatic heterocycles. The molecule has 0 radical (unpaired) electrons. The summed E-state index contributed by atoms with van der Waals surface area (Å²) >= 11 is 0. The van der Waals surface area contributed by atoms with Gasteiger partial charge in [-0.05, 0) is 11.3 Å². The zero-order chi connectivity index (χ0) is 13.9. The first kappa shape index (κ1) is 13.3. The highest BCUT2D eigenvalue weighted by molar-refractivity contribution is 5.92. The van der Waals surface area contributed by atoms with Crippen molar-refractivity contribution in [3.63, 3.8) is 0 Å². The Morgan fingerprint density at radius 3 is 2.06 bits per heavy atom. The second-order valence-electron chi connectivity index (χ2n) is 6.57. The summed E-state index contributed by atoms with van der Waals surface area (Å²) in [4.78, 5) is 24.8. The lowest BCUT2D eigenvalue weighted by molar-refractivity contribution is -0.166. The molecule has 2 N–H and O–H groups in total. The number of rotatable bonds is 3. The molecule has 1 heterocycles. The van der Waals surface area contributed by atoms with E-state index < -0.39 is 28.8 Å². The van der Waals surface area contributed by atoms with Crippen LogP contribution in [0.4, 0.5) is 0 Å². The van der Waals surface area contributed by atoms with E-state index in [2.05, 4.69) is 0 Å². The van der Waals surface area contributed by atoms with Crippen molar-refractivity contribution in [2.75, 3.05) is 13.1 Å². The number of carboxylic acid groups (broad SMARTS) is 1. The Morgan fingerprint density at radius 1 is 1.22 bits per heavy atom. The van der Waals surface area contributed by atoms with Crippen molar-refractivity contribution in [1.29, 1.82) is 0 Å². The van der Waals surface area contributed by atoms with E-state index in [0.717, 1.165) is 0 Å². The van der Waals surface area contributed by atoms with E-state index in [4.69, 9.17) is 5.11 Å². The molecule has 0 bridgehead atoms. The van der Waals surface area contributed by atoms with Crippen LogP contribution in [-0.2, 0) is 9.59 Å². The number of nitrogens with zero attached hydrogens (tertiary/aromatic N) is 1. The maximum Gasteiger partial charge on any atom is 0.307 e. The summed E-state index contributed by atoms with van der Waals surface area (Å²) in [6.45, 7) is 8.10. The highest BCUT2D eigenvalue weighted by Gasteiger charge is 2.67. The number of carbonyl (C=O) groups is 2. The maximum atomic E-state index is 12.2. The molecule has 0 aromatic heterocycles. The van der Waals surface area contributed by atoms with Gasteiger partial charge in [-0.2, -0.15) is 0 Å². The van der Waals surface area contributed by atoms with Gasteiger partial charge in [0.1, 0.15) is 5.60 Å². The van der Waals surface area contributed by atoms with Gasteiger partial charge in [-0.1, -0.05) is 27.7 Å². The minimum atomic E-state index is -0.905. The predicted octanol–water partition coefficient (Wildman–Crippen LogP) is 0.572. The quantitative estimate of drug-likeness (QED) is 0.773. The average Bonchev–Trinajstić information content (AvgIpc) is 2.75. The Balaban J connectivity index is 1.99. The van der Waals surface area contributed by atoms with Gasteiger partial charge in [0.25, 0.3) is 0 Å². The monoisotopic (exact) mass is 255 g/mol. The lowest BCUT2D eigenvalue weighted by atomic mass is 9.82. The number of carboxylic acids is 1. The van der Waals surface area contributed by atoms with Crippen LogP contribution in [0.25, 0.3) is 0 Å². The van der Waals surface area contributed by atoms with Gasteiger partial charge in [-0.3, -0.25) is 9.59 Å². The molecule has 2 atom stereocenters. The average molecular weight is 255 g/mol. The SMILES string of the molecule is CC(C)C1(O)CN(C(=O)[C@H]2[C@@H](C(=O)O)C2(C)C)C1. The minimum Gasteiger partial charge on any atom is -0.481 e. The van der Waals surface area contributed by atoms with Gasteiger partial charge in [0.05, 0.1) is 24.9 Å². The van der Waals surface area contributed by atoms with Crippen LogP contribution in [0, 0.1) is 23.2 Å². The lowest BCUT2D eigenvalue weighted by Crippen LogP contribution is -2.66. The summed E-state index contributed by atoms with van der Waals surface area (Å²) in [5, 5.41) is 19.2. The van der Waals surface area contributed by atoms with Crippen LogP contribution >= 0.6 is 0 Å². The molecule has 0 aromatic rings. The van der Waals surface area contributed by atoms with Crippen molar-refractivity contribution < 1.29 is 19.8 Å². The van der Waals surface area contributed by atoms with Crippen LogP contribution in [-0.4, -0.2) is 45.7 Å². The molecule has 0 spiro atoms. The van der Waals surface area contributed by atoms with Crippen molar-refractivity contribution >= 4 is 11.9 Å². The molecular weight excluding hydrogens is 234 g/mol. The molecule has 5 heteroatoms. The zero-order valence-corrected chi connectivity index (χ0v) is 11.3. The van der Waals surface area contributed by atoms with Crippen LogP contribution in [0.2, 0.25) is 0 Å². The third kappa shape index (κ3) is 1.72. The fourth-order valence-corrected chi connectivity index (χ4v) is 2.89. The molecule has 1 aliphatic carbocycles. The Morgan fingerprint density at radius 2 is 1.72 bits per heavy atom. The van der Waals surface area contributed by atoms with Gasteiger partial charge in [0.2, 0.25) is 5.91 Å². The Kier molecular flexibility index (Phi) is 2.74. The molecule has 1 amide bonds. The third-order valence-corrected chi connectivity index (χ3v) is 4.68. The lowest BCUT2D eigenvalue weighted by Gasteiger charge is -2.49. The van der Waals surface area contributed by atoms with Gasteiger partial charge < -0.3 is 15.1 Å². The van der Waals surface area contributed by atoms with Crippen molar-refractivity contribution in [3.05, 3.63) is 0 Å². The molecule has 2 fully saturated rings. The largest absolute Gasteiger partial charge is 0.481 e. The number of β-amino-alcohol motifs (C(OH)–C–C–N with tert-alkyl or cyclic N) is 1. The van der Waals surface area contributed by atoms with Crippen LogP contribution < -0.4 is 0 Å². The smallest absolute Gasteiger partial charge is 0.307 e. The normalized spacial score (nSPS) is 32.0. The highest BCUT2D eigenvalue weighted by atomic mass is 16.4. The molecule has 2 rings (SSSR count). The van der Waals surface area contributed by atoms with Gasteiger partial charge >= 0.3 is 5.97 Å². The maximum absolute atomic E-state index is 12.2. The molecule has 0 aromatic carbocycles. The van der Waals surface area contributed by atoms with E-state index in [1.54, 1.807) is 4.90 Å². The molecule has 1 saturated heterocycles. The number of carbonyl (C=O) groups excluding carboxylic acids is 1. The number of likely N-dealkylation sites (tertiary alicyclic amines) is 1. The summed E-state index contributed by atoms with van der Waals surface area (Å²) in [6, 6.07) is 0. The standard InChI is InChI=1S/C13H21NO4/c1-7(2)13(18)5-14(6-13)10(15)8-9(11(16)17)12(8,3)4/h7-9,18H,5-6H2,1-4H3,(H,16,17)/t8-,9+/m1/s1. The topological polar surface area (TPSA) is 77.8 Å². The first-order valence-corrected chi connectivity index (χ1v) is 6.35. The van der Waals surface area contributed by atoms with Crippen molar-refractivity contribution in [3.8, 4) is 0 Å². The first-order valence-electron chi connectivity index (χ1n) is 6.35. The number of hydrogen-bond donors (Lipinski definition) is 2. The van der Waals surface area contributed by atoms with E-state index in [0.29, 0.717) is 13.1 Å². The molecule has 5 nitrogen and oxygen atoms in total. The molecule has 18 heavy (non-hydrogen) atoms. The van der Waals surface area contributed by atoms with E-state index in [1.165, 1.54) is 0 Å². The van der Waals surface area contributed by atoms with E-state index >= 15 is 0 Å². The second-order valence-corrected chi connectivity index (χ2v) is 6.57. The summed E-state index contributed by atoms with van der Waals surface area (Å²) in [6.07, 6.45) is 0. The predicted molar refractivity (Wildman–Crippen MR) is 64.8 cm³/mol. The summed E-state index contributed by atoms with van der Waals surface area (Å²) in [7, 11) is 0. The Hall–Kier alpha value is -1.10. The number of aliphatic hydroxyl groups is 1. The molecule has 102 valence electrons. The molecule has 2 aliphatic rings. The van der Waals surface area contributed by atoms with Crippen molar-refractivity contribution in [2.24, 2.45) is 23.2 Å². The number of aliphatic carboxylic acids is 1. The van der Waals surface area contributed by atoms with Crippen LogP contribution in [0.1, 0.15) is 27.7 Å². The van der Waals surface area contributed by atoms with Crippen LogP contribution in [0.15, 0.2) is 0 Å².